The first-order chi connectivity index (χ1) is 31.3. The Bertz CT molecular complexity index is 3930. The van der Waals surface area contributed by atoms with Gasteiger partial charge in [0.25, 0.3) is 0 Å². The lowest BCUT2D eigenvalue weighted by Gasteiger charge is -2.28. The summed E-state index contributed by atoms with van der Waals surface area (Å²) in [5, 5.41) is 7.42. The van der Waals surface area contributed by atoms with E-state index in [1.165, 1.54) is 98.9 Å². The maximum absolute atomic E-state index is 2.57. The normalized spacial score (nSPS) is 12.1. The average molecular weight is 800 g/mol. The van der Waals surface area contributed by atoms with Crippen LogP contribution in [0.4, 0.5) is 0 Å². The molecule has 13 aromatic rings. The van der Waals surface area contributed by atoms with Gasteiger partial charge in [-0.2, -0.15) is 0 Å². The minimum atomic E-state index is 1.13. The van der Waals surface area contributed by atoms with E-state index in [2.05, 4.69) is 238 Å². The molecule has 292 valence electrons. The molecule has 0 amide bonds. The highest BCUT2D eigenvalue weighted by Gasteiger charge is 2.29. The van der Waals surface area contributed by atoms with Gasteiger partial charge in [0.2, 0.25) is 0 Å². The smallest absolute Gasteiger partial charge is 0.0788 e. The Kier molecular flexibility index (Phi) is 7.11. The summed E-state index contributed by atoms with van der Waals surface area (Å²) in [4.78, 5) is 0. The van der Waals surface area contributed by atoms with E-state index >= 15 is 0 Å². The van der Waals surface area contributed by atoms with E-state index in [9.17, 15) is 0 Å². The standard InChI is InChI=1S/C60H37N3/c1-2-18-40-39(17-1)41-19-3-4-21-43(41)50-34-36-58(62-54-30-14-9-24-46(54)47-25-10-15-31-55(47)62)60(59(50)49-27-6-5-20-42(40)49)63-56-32-16-11-26-48(56)51-37-38(33-35-57(51)63)61-52-28-12-7-22-44(52)45-23-8-13-29-53(45)61/h1-37H. The van der Waals surface area contributed by atoms with Crippen LogP contribution in [0.25, 0.3) is 127 Å². The van der Waals surface area contributed by atoms with Crippen LogP contribution in [0.15, 0.2) is 224 Å². The van der Waals surface area contributed by atoms with Crippen molar-refractivity contribution in [3.8, 4) is 61.6 Å². The number of hydrogen-bond acceptors (Lipinski definition) is 0. The summed E-state index contributed by atoms with van der Waals surface area (Å²) < 4.78 is 7.52. The molecule has 0 spiro atoms. The van der Waals surface area contributed by atoms with Gasteiger partial charge in [-0.25, -0.2) is 0 Å². The average Bonchev–Trinajstić information content (AvgIpc) is 3.99. The number of rotatable bonds is 3. The summed E-state index contributed by atoms with van der Waals surface area (Å²) in [5.41, 5.74) is 20.3. The lowest BCUT2D eigenvalue weighted by Crippen LogP contribution is -2.08. The van der Waals surface area contributed by atoms with E-state index in [0.29, 0.717) is 0 Å². The van der Waals surface area contributed by atoms with E-state index in [0.717, 1.165) is 28.1 Å². The van der Waals surface area contributed by atoms with Crippen molar-refractivity contribution in [1.82, 2.24) is 13.7 Å². The topological polar surface area (TPSA) is 14.8 Å². The van der Waals surface area contributed by atoms with Gasteiger partial charge in [-0.15, -0.1) is 0 Å². The number of benzene rings is 10. The predicted octanol–water partition coefficient (Wildman–Crippen LogP) is 16.0. The van der Waals surface area contributed by atoms with Gasteiger partial charge in [0.05, 0.1) is 44.5 Å². The quantitative estimate of drug-likeness (QED) is 0.169. The monoisotopic (exact) mass is 799 g/mol. The van der Waals surface area contributed by atoms with Crippen LogP contribution in [0.2, 0.25) is 0 Å². The zero-order chi connectivity index (χ0) is 41.2. The number of para-hydroxylation sites is 5. The fourth-order valence-electron chi connectivity index (χ4n) is 11.0. The molecule has 3 aromatic heterocycles. The third-order valence-electron chi connectivity index (χ3n) is 13.6. The molecule has 0 unspecified atom stereocenters. The molecule has 0 saturated heterocycles. The van der Waals surface area contributed by atoms with Crippen molar-refractivity contribution in [2.45, 2.75) is 0 Å². The molecule has 3 heteroatoms. The second-order valence-corrected chi connectivity index (χ2v) is 16.8. The van der Waals surface area contributed by atoms with E-state index in [-0.39, 0.29) is 0 Å². The van der Waals surface area contributed by atoms with E-state index < -0.39 is 0 Å². The van der Waals surface area contributed by atoms with Crippen molar-refractivity contribution in [1.29, 1.82) is 0 Å². The molecule has 1 aliphatic rings. The van der Waals surface area contributed by atoms with Crippen LogP contribution in [-0.2, 0) is 0 Å². The van der Waals surface area contributed by atoms with Crippen LogP contribution in [0.5, 0.6) is 0 Å². The first-order valence-corrected chi connectivity index (χ1v) is 21.8. The van der Waals surface area contributed by atoms with Crippen molar-refractivity contribution in [3.63, 3.8) is 0 Å². The van der Waals surface area contributed by atoms with Gasteiger partial charge < -0.3 is 13.7 Å². The van der Waals surface area contributed by atoms with E-state index in [1.807, 2.05) is 0 Å². The Morgan fingerprint density at radius 2 is 0.571 bits per heavy atom. The molecule has 3 heterocycles. The molecule has 0 aliphatic heterocycles. The molecule has 10 aromatic carbocycles. The highest BCUT2D eigenvalue weighted by Crippen LogP contribution is 2.52. The minimum Gasteiger partial charge on any atom is -0.309 e. The molecular formula is C60H37N3. The lowest BCUT2D eigenvalue weighted by molar-refractivity contribution is 1.10. The summed E-state index contributed by atoms with van der Waals surface area (Å²) in [6.07, 6.45) is 0. The van der Waals surface area contributed by atoms with Gasteiger partial charge in [-0.1, -0.05) is 170 Å². The van der Waals surface area contributed by atoms with Gasteiger partial charge in [-0.05, 0) is 93.5 Å². The first-order valence-electron chi connectivity index (χ1n) is 21.8. The van der Waals surface area contributed by atoms with Gasteiger partial charge in [0, 0.05) is 43.6 Å². The molecule has 3 nitrogen and oxygen atoms in total. The molecular weight excluding hydrogens is 763 g/mol. The molecule has 0 bridgehead atoms. The Labute approximate surface area is 363 Å². The molecule has 14 rings (SSSR count). The minimum absolute atomic E-state index is 1.13. The first kappa shape index (κ1) is 34.3. The fourth-order valence-corrected chi connectivity index (χ4v) is 11.0. The molecule has 1 aliphatic carbocycles. The second-order valence-electron chi connectivity index (χ2n) is 16.8. The predicted molar refractivity (Wildman–Crippen MR) is 265 cm³/mol. The van der Waals surface area contributed by atoms with Gasteiger partial charge in [0.1, 0.15) is 0 Å². The van der Waals surface area contributed by atoms with Crippen LogP contribution in [0, 0.1) is 0 Å². The van der Waals surface area contributed by atoms with E-state index in [4.69, 9.17) is 0 Å². The Hall–Kier alpha value is -8.40. The fraction of sp³-hybridized carbons (Fsp3) is 0. The molecule has 0 saturated carbocycles. The highest BCUT2D eigenvalue weighted by molar-refractivity contribution is 6.16. The summed E-state index contributed by atoms with van der Waals surface area (Å²) >= 11 is 0. The van der Waals surface area contributed by atoms with Crippen LogP contribution < -0.4 is 0 Å². The van der Waals surface area contributed by atoms with Crippen molar-refractivity contribution >= 4 is 65.4 Å². The Morgan fingerprint density at radius 3 is 1.06 bits per heavy atom. The summed E-state index contributed by atoms with van der Waals surface area (Å²) in [7, 11) is 0. The zero-order valence-electron chi connectivity index (χ0n) is 34.2. The molecule has 0 radical (unpaired) electrons. The number of nitrogens with zero attached hydrogens (tertiary/aromatic N) is 3. The van der Waals surface area contributed by atoms with E-state index in [1.54, 1.807) is 0 Å². The van der Waals surface area contributed by atoms with Gasteiger partial charge >= 0.3 is 0 Å². The van der Waals surface area contributed by atoms with Crippen LogP contribution in [-0.4, -0.2) is 13.7 Å². The summed E-state index contributed by atoms with van der Waals surface area (Å²) in [5.74, 6) is 0. The molecule has 0 fully saturated rings. The number of fused-ring (bicyclic) bond motifs is 17. The number of aromatic nitrogens is 3. The highest BCUT2D eigenvalue weighted by atomic mass is 15.1. The van der Waals surface area contributed by atoms with Crippen molar-refractivity contribution in [3.05, 3.63) is 224 Å². The number of hydrogen-bond donors (Lipinski definition) is 0. The Balaban J connectivity index is 1.18. The van der Waals surface area contributed by atoms with Crippen LogP contribution in [0.3, 0.4) is 0 Å². The van der Waals surface area contributed by atoms with Crippen LogP contribution in [0.1, 0.15) is 0 Å². The molecule has 0 atom stereocenters. The second kappa shape index (κ2) is 13.1. The lowest BCUT2D eigenvalue weighted by atomic mass is 9.80. The molecule has 63 heavy (non-hydrogen) atoms. The Morgan fingerprint density at radius 1 is 0.222 bits per heavy atom. The largest absolute Gasteiger partial charge is 0.309 e. The molecule has 0 N–H and O–H groups in total. The van der Waals surface area contributed by atoms with Gasteiger partial charge in [0.15, 0.2) is 0 Å². The maximum Gasteiger partial charge on any atom is 0.0788 e. The van der Waals surface area contributed by atoms with Crippen molar-refractivity contribution in [2.24, 2.45) is 0 Å². The summed E-state index contributed by atoms with van der Waals surface area (Å²) in [6, 6.07) is 83.1. The van der Waals surface area contributed by atoms with Crippen LogP contribution >= 0.6 is 0 Å². The zero-order valence-corrected chi connectivity index (χ0v) is 34.2. The maximum atomic E-state index is 2.57. The van der Waals surface area contributed by atoms with Crippen molar-refractivity contribution < 1.29 is 0 Å². The SMILES string of the molecule is c1ccc2c(c1)-c1ccccc1-c1ccc(-n3c4ccccc4c4ccccc43)c(-n3c4ccccc4c4cc(-n5c6ccccc6c6ccccc65)ccc43)c1-c1ccccc1-2. The van der Waals surface area contributed by atoms with Crippen molar-refractivity contribution in [2.75, 3.05) is 0 Å². The summed E-state index contributed by atoms with van der Waals surface area (Å²) in [6.45, 7) is 0. The third kappa shape index (κ3) is 4.74. The third-order valence-corrected chi connectivity index (χ3v) is 13.6. The van der Waals surface area contributed by atoms with Gasteiger partial charge in [-0.3, -0.25) is 0 Å².